The van der Waals surface area contributed by atoms with Gasteiger partial charge in [-0.05, 0) is 23.3 Å². The summed E-state index contributed by atoms with van der Waals surface area (Å²) in [6.07, 6.45) is 0.374. The van der Waals surface area contributed by atoms with Crippen LogP contribution < -0.4 is 5.32 Å². The lowest BCUT2D eigenvalue weighted by Gasteiger charge is -2.34. The van der Waals surface area contributed by atoms with Crippen molar-refractivity contribution in [2.45, 2.75) is 13.0 Å². The number of carbonyl (C=O) groups is 3. The maximum atomic E-state index is 12.4. The third-order valence-electron chi connectivity index (χ3n) is 4.76. The van der Waals surface area contributed by atoms with Crippen LogP contribution in [0.4, 0.5) is 4.79 Å². The minimum atomic E-state index is -0.977. The molecule has 1 aliphatic rings. The average molecular weight is 381 g/mol. The van der Waals surface area contributed by atoms with Crippen LogP contribution in [-0.4, -0.2) is 59.0 Å². The highest BCUT2D eigenvalue weighted by Gasteiger charge is 2.23. The number of carbonyl (C=O) groups excluding carboxylic acids is 2. The zero-order valence-corrected chi connectivity index (χ0v) is 15.5. The molecule has 28 heavy (non-hydrogen) atoms. The first kappa shape index (κ1) is 19.4. The molecular formula is C21H23N3O4. The highest BCUT2D eigenvalue weighted by atomic mass is 16.4. The fourth-order valence-electron chi connectivity index (χ4n) is 3.10. The molecule has 2 aromatic carbocycles. The number of amides is 3. The Labute approximate surface area is 163 Å². The molecule has 0 bridgehead atoms. The van der Waals surface area contributed by atoms with E-state index in [4.69, 9.17) is 5.11 Å². The van der Waals surface area contributed by atoms with Crippen molar-refractivity contribution in [1.82, 2.24) is 15.1 Å². The summed E-state index contributed by atoms with van der Waals surface area (Å²) in [7, 11) is 0. The van der Waals surface area contributed by atoms with Crippen LogP contribution in [0.2, 0.25) is 0 Å². The maximum absolute atomic E-state index is 12.4. The summed E-state index contributed by atoms with van der Waals surface area (Å²) in [6, 6.07) is 15.8. The first-order valence-electron chi connectivity index (χ1n) is 9.19. The fourth-order valence-corrected chi connectivity index (χ4v) is 3.10. The van der Waals surface area contributed by atoms with E-state index in [0.717, 1.165) is 11.1 Å². The number of carboxylic acids is 1. The topological polar surface area (TPSA) is 89.9 Å². The number of nitrogens with zero attached hydrogens (tertiary/aromatic N) is 2. The summed E-state index contributed by atoms with van der Waals surface area (Å²) in [6.45, 7) is 2.35. The highest BCUT2D eigenvalue weighted by molar-refractivity contribution is 5.87. The number of hydrogen-bond acceptors (Lipinski definition) is 3. The number of hydrogen-bond donors (Lipinski definition) is 2. The third-order valence-corrected chi connectivity index (χ3v) is 4.76. The molecule has 0 atom stereocenters. The molecule has 146 valence electrons. The molecule has 7 nitrogen and oxygen atoms in total. The van der Waals surface area contributed by atoms with Crippen LogP contribution in [0.15, 0.2) is 54.6 Å². The highest BCUT2D eigenvalue weighted by Crippen LogP contribution is 2.08. The van der Waals surface area contributed by atoms with E-state index in [0.29, 0.717) is 39.1 Å². The molecular weight excluding hydrogens is 358 g/mol. The molecule has 1 fully saturated rings. The second-order valence-corrected chi connectivity index (χ2v) is 6.69. The second-order valence-electron chi connectivity index (χ2n) is 6.69. The molecule has 1 aliphatic heterocycles. The molecule has 0 radical (unpaired) electrons. The summed E-state index contributed by atoms with van der Waals surface area (Å²) in [5.41, 5.74) is 2.03. The monoisotopic (exact) mass is 381 g/mol. The normalized spacial score (nSPS) is 13.9. The second kappa shape index (κ2) is 9.03. The van der Waals surface area contributed by atoms with E-state index in [2.05, 4.69) is 5.32 Å². The van der Waals surface area contributed by atoms with Gasteiger partial charge in [0.1, 0.15) is 0 Å². The molecule has 0 unspecified atom stereocenters. The SMILES string of the molecule is O=C(O)c1ccc(CNC(=O)N2CCN(C(=O)Cc3ccccc3)CC2)cc1. The van der Waals surface area contributed by atoms with E-state index < -0.39 is 5.97 Å². The Bertz CT molecular complexity index is 828. The van der Waals surface area contributed by atoms with Gasteiger partial charge in [-0.25, -0.2) is 9.59 Å². The Morgan fingerprint density at radius 2 is 1.43 bits per heavy atom. The standard InChI is InChI=1S/C21H23N3O4/c25-19(14-16-4-2-1-3-5-16)23-10-12-24(13-11-23)21(28)22-15-17-6-8-18(9-7-17)20(26)27/h1-9H,10-15H2,(H,22,28)(H,26,27). The van der Waals surface area contributed by atoms with Crippen molar-refractivity contribution in [3.63, 3.8) is 0 Å². The van der Waals surface area contributed by atoms with Crippen molar-refractivity contribution in [2.24, 2.45) is 0 Å². The lowest BCUT2D eigenvalue weighted by atomic mass is 10.1. The van der Waals surface area contributed by atoms with Crippen LogP contribution in [0, 0.1) is 0 Å². The number of urea groups is 1. The van der Waals surface area contributed by atoms with Gasteiger partial charge in [0.05, 0.1) is 12.0 Å². The molecule has 0 saturated carbocycles. The van der Waals surface area contributed by atoms with Gasteiger partial charge >= 0.3 is 12.0 Å². The zero-order chi connectivity index (χ0) is 19.9. The van der Waals surface area contributed by atoms with E-state index >= 15 is 0 Å². The van der Waals surface area contributed by atoms with Gasteiger partial charge in [0, 0.05) is 32.7 Å². The van der Waals surface area contributed by atoms with Crippen molar-refractivity contribution in [1.29, 1.82) is 0 Å². The molecule has 0 aromatic heterocycles. The molecule has 3 rings (SSSR count). The Hall–Kier alpha value is -3.35. The van der Waals surface area contributed by atoms with E-state index in [1.807, 2.05) is 30.3 Å². The summed E-state index contributed by atoms with van der Waals surface area (Å²) in [4.78, 5) is 39.1. The largest absolute Gasteiger partial charge is 0.478 e. The quantitative estimate of drug-likeness (QED) is 0.829. The molecule has 3 amide bonds. The minimum Gasteiger partial charge on any atom is -0.478 e. The van der Waals surface area contributed by atoms with Crippen molar-refractivity contribution in [3.8, 4) is 0 Å². The number of benzene rings is 2. The van der Waals surface area contributed by atoms with Gasteiger partial charge in [0.2, 0.25) is 5.91 Å². The van der Waals surface area contributed by atoms with Crippen molar-refractivity contribution >= 4 is 17.9 Å². The Kier molecular flexibility index (Phi) is 6.26. The van der Waals surface area contributed by atoms with Crippen molar-refractivity contribution < 1.29 is 19.5 Å². The molecule has 1 saturated heterocycles. The van der Waals surface area contributed by atoms with E-state index in [1.54, 1.807) is 21.9 Å². The fraction of sp³-hybridized carbons (Fsp3) is 0.286. The van der Waals surface area contributed by atoms with Crippen LogP contribution in [0.1, 0.15) is 21.5 Å². The first-order chi connectivity index (χ1) is 13.5. The van der Waals surface area contributed by atoms with Crippen LogP contribution in [0.5, 0.6) is 0 Å². The molecule has 1 heterocycles. The Morgan fingerprint density at radius 3 is 2.04 bits per heavy atom. The van der Waals surface area contributed by atoms with Gasteiger partial charge in [0.15, 0.2) is 0 Å². The predicted molar refractivity (Wildman–Crippen MR) is 104 cm³/mol. The molecule has 7 heteroatoms. The first-order valence-corrected chi connectivity index (χ1v) is 9.19. The van der Waals surface area contributed by atoms with Crippen molar-refractivity contribution in [2.75, 3.05) is 26.2 Å². The lowest BCUT2D eigenvalue weighted by molar-refractivity contribution is -0.131. The van der Waals surface area contributed by atoms with Gasteiger partial charge in [-0.2, -0.15) is 0 Å². The van der Waals surface area contributed by atoms with Gasteiger partial charge in [0.25, 0.3) is 0 Å². The van der Waals surface area contributed by atoms with E-state index in [1.165, 1.54) is 12.1 Å². The summed E-state index contributed by atoms with van der Waals surface area (Å²) in [5, 5.41) is 11.7. The number of rotatable bonds is 5. The smallest absolute Gasteiger partial charge is 0.335 e. The Balaban J connectivity index is 1.43. The molecule has 2 aromatic rings. The summed E-state index contributed by atoms with van der Waals surface area (Å²) >= 11 is 0. The Morgan fingerprint density at radius 1 is 0.821 bits per heavy atom. The van der Waals surface area contributed by atoms with Gasteiger partial charge in [-0.1, -0.05) is 42.5 Å². The number of aromatic carboxylic acids is 1. The van der Waals surface area contributed by atoms with Gasteiger partial charge in [-0.3, -0.25) is 4.79 Å². The molecule has 0 spiro atoms. The maximum Gasteiger partial charge on any atom is 0.335 e. The number of carboxylic acid groups (broad SMARTS) is 1. The van der Waals surface area contributed by atoms with Gasteiger partial charge in [-0.15, -0.1) is 0 Å². The molecule has 2 N–H and O–H groups in total. The van der Waals surface area contributed by atoms with Gasteiger partial charge < -0.3 is 20.2 Å². The van der Waals surface area contributed by atoms with Crippen LogP contribution in [0.25, 0.3) is 0 Å². The van der Waals surface area contributed by atoms with E-state index in [9.17, 15) is 14.4 Å². The number of piperazine rings is 1. The van der Waals surface area contributed by atoms with Crippen molar-refractivity contribution in [3.05, 3.63) is 71.3 Å². The average Bonchev–Trinajstić information content (AvgIpc) is 2.73. The van der Waals surface area contributed by atoms with Crippen LogP contribution in [-0.2, 0) is 17.8 Å². The number of nitrogens with one attached hydrogen (secondary N) is 1. The zero-order valence-electron chi connectivity index (χ0n) is 15.5. The minimum absolute atomic E-state index is 0.0739. The lowest BCUT2D eigenvalue weighted by Crippen LogP contribution is -2.53. The summed E-state index contributed by atoms with van der Waals surface area (Å²) < 4.78 is 0. The van der Waals surface area contributed by atoms with Crippen LogP contribution >= 0.6 is 0 Å². The third kappa shape index (κ3) is 5.09. The molecule has 0 aliphatic carbocycles. The van der Waals surface area contributed by atoms with E-state index in [-0.39, 0.29) is 17.5 Å². The van der Waals surface area contributed by atoms with Crippen LogP contribution in [0.3, 0.4) is 0 Å². The summed E-state index contributed by atoms with van der Waals surface area (Å²) in [5.74, 6) is -0.903. The predicted octanol–water partition coefficient (Wildman–Crippen LogP) is 1.98.